The molecule has 1 rings (SSSR count). The predicted octanol–water partition coefficient (Wildman–Crippen LogP) is 3.45. The largest absolute Gasteiger partial charge is 0.508 e. The number of rotatable bonds is 1. The van der Waals surface area contributed by atoms with E-state index in [0.29, 0.717) is 5.75 Å². The predicted molar refractivity (Wildman–Crippen MR) is 56.0 cm³/mol. The molecule has 0 amide bonds. The van der Waals surface area contributed by atoms with Gasteiger partial charge >= 0.3 is 0 Å². The van der Waals surface area contributed by atoms with Gasteiger partial charge < -0.3 is 5.11 Å². The van der Waals surface area contributed by atoms with Gasteiger partial charge in [0.2, 0.25) is 0 Å². The van der Waals surface area contributed by atoms with E-state index in [1.807, 2.05) is 33.1 Å². The third-order valence-electron chi connectivity index (χ3n) is 1.27. The molecule has 1 nitrogen and oxygen atoms in total. The van der Waals surface area contributed by atoms with Gasteiger partial charge in [-0.15, -0.1) is 11.8 Å². The van der Waals surface area contributed by atoms with Gasteiger partial charge in [-0.1, -0.05) is 13.8 Å². The van der Waals surface area contributed by atoms with Gasteiger partial charge in [0, 0.05) is 4.90 Å². The van der Waals surface area contributed by atoms with Crippen LogP contribution >= 0.6 is 11.8 Å². The second kappa shape index (κ2) is 5.95. The monoisotopic (exact) mass is 184 g/mol. The minimum absolute atomic E-state index is 0.351. The molecule has 0 spiro atoms. The molecule has 0 fully saturated rings. The molecule has 0 radical (unpaired) electrons. The molecule has 0 unspecified atom stereocenters. The zero-order valence-electron chi connectivity index (χ0n) is 8.09. The summed E-state index contributed by atoms with van der Waals surface area (Å²) in [6.07, 6.45) is 1.99. The van der Waals surface area contributed by atoms with Crippen LogP contribution in [0.3, 0.4) is 0 Å². The van der Waals surface area contributed by atoms with E-state index in [2.05, 4.69) is 0 Å². The number of hydrogen-bond donors (Lipinski definition) is 1. The van der Waals surface area contributed by atoms with Crippen molar-refractivity contribution in [3.8, 4) is 5.75 Å². The van der Waals surface area contributed by atoms with Crippen molar-refractivity contribution in [3.05, 3.63) is 23.8 Å². The van der Waals surface area contributed by atoms with Crippen molar-refractivity contribution < 1.29 is 5.11 Å². The normalized spacial score (nSPS) is 8.67. The summed E-state index contributed by atoms with van der Waals surface area (Å²) in [5.74, 6) is 0.351. The third-order valence-corrected chi connectivity index (χ3v) is 1.98. The molecule has 1 aromatic carbocycles. The van der Waals surface area contributed by atoms with Gasteiger partial charge in [-0.05, 0) is 36.9 Å². The maximum atomic E-state index is 9.11. The zero-order chi connectivity index (χ0) is 9.56. The first-order valence-corrected chi connectivity index (χ1v) is 5.29. The summed E-state index contributed by atoms with van der Waals surface area (Å²) in [6, 6.07) is 5.56. The highest BCUT2D eigenvalue weighted by Gasteiger charge is 1.93. The van der Waals surface area contributed by atoms with Crippen LogP contribution in [0.4, 0.5) is 0 Å². The molecular weight excluding hydrogens is 168 g/mol. The summed E-state index contributed by atoms with van der Waals surface area (Å²) in [6.45, 7) is 5.97. The number of benzene rings is 1. The van der Waals surface area contributed by atoms with Gasteiger partial charge in [-0.25, -0.2) is 0 Å². The minimum Gasteiger partial charge on any atom is -0.508 e. The maximum Gasteiger partial charge on any atom is 0.116 e. The van der Waals surface area contributed by atoms with Crippen LogP contribution in [0.5, 0.6) is 5.75 Å². The first kappa shape index (κ1) is 11.4. The topological polar surface area (TPSA) is 20.2 Å². The lowest BCUT2D eigenvalue weighted by Crippen LogP contribution is -1.73. The molecule has 1 aromatic rings. The second-order valence-corrected chi connectivity index (χ2v) is 3.09. The summed E-state index contributed by atoms with van der Waals surface area (Å²) >= 11 is 1.64. The third kappa shape index (κ3) is 3.67. The summed E-state index contributed by atoms with van der Waals surface area (Å²) < 4.78 is 0. The number of hydrogen-bond acceptors (Lipinski definition) is 2. The van der Waals surface area contributed by atoms with Gasteiger partial charge in [0.25, 0.3) is 0 Å². The summed E-state index contributed by atoms with van der Waals surface area (Å²) in [5, 5.41) is 9.11. The molecule has 0 atom stereocenters. The smallest absolute Gasteiger partial charge is 0.116 e. The van der Waals surface area contributed by atoms with Crippen LogP contribution < -0.4 is 0 Å². The standard InChI is InChI=1S/C8H10OS.C2H6/c1-6-3-7(9)5-8(4-6)10-2;1-2/h3-5,9H,1-2H3;1-2H3. The lowest BCUT2D eigenvalue weighted by Gasteiger charge is -1.98. The molecule has 68 valence electrons. The van der Waals surface area contributed by atoms with Crippen LogP contribution in [-0.4, -0.2) is 11.4 Å². The van der Waals surface area contributed by atoms with Crippen LogP contribution in [-0.2, 0) is 0 Å². The van der Waals surface area contributed by atoms with Crippen molar-refractivity contribution in [1.82, 2.24) is 0 Å². The summed E-state index contributed by atoms with van der Waals surface area (Å²) in [4.78, 5) is 1.11. The highest BCUT2D eigenvalue weighted by atomic mass is 32.2. The van der Waals surface area contributed by atoms with Crippen molar-refractivity contribution in [3.63, 3.8) is 0 Å². The molecule has 0 heterocycles. The maximum absolute atomic E-state index is 9.11. The van der Waals surface area contributed by atoms with E-state index in [0.717, 1.165) is 10.5 Å². The van der Waals surface area contributed by atoms with Crippen LogP contribution in [0, 0.1) is 6.92 Å². The van der Waals surface area contributed by atoms with Crippen LogP contribution in [0.1, 0.15) is 19.4 Å². The Bertz CT molecular complexity index is 213. The Hall–Kier alpha value is -0.630. The van der Waals surface area contributed by atoms with E-state index in [-0.39, 0.29) is 0 Å². The molecule has 0 aromatic heterocycles. The zero-order valence-corrected chi connectivity index (χ0v) is 8.90. The summed E-state index contributed by atoms with van der Waals surface area (Å²) in [7, 11) is 0. The van der Waals surface area contributed by atoms with Gasteiger partial charge in [0.15, 0.2) is 0 Å². The molecule has 0 bridgehead atoms. The Morgan fingerprint density at radius 2 is 1.75 bits per heavy atom. The number of thioether (sulfide) groups is 1. The van der Waals surface area contributed by atoms with E-state index in [1.165, 1.54) is 0 Å². The summed E-state index contributed by atoms with van der Waals surface area (Å²) in [5.41, 5.74) is 1.10. The Kier molecular flexibility index (Phi) is 5.64. The van der Waals surface area contributed by atoms with Crippen LogP contribution in [0.15, 0.2) is 23.1 Å². The van der Waals surface area contributed by atoms with Crippen molar-refractivity contribution in [1.29, 1.82) is 0 Å². The molecule has 0 aliphatic carbocycles. The second-order valence-electron chi connectivity index (χ2n) is 2.21. The van der Waals surface area contributed by atoms with E-state index < -0.39 is 0 Å². The molecule has 0 saturated carbocycles. The van der Waals surface area contributed by atoms with E-state index >= 15 is 0 Å². The Balaban J connectivity index is 0.000000561. The Morgan fingerprint density at radius 1 is 1.17 bits per heavy atom. The highest BCUT2D eigenvalue weighted by molar-refractivity contribution is 7.98. The van der Waals surface area contributed by atoms with Gasteiger partial charge in [-0.3, -0.25) is 0 Å². The Labute approximate surface area is 78.8 Å². The minimum atomic E-state index is 0.351. The lowest BCUT2D eigenvalue weighted by molar-refractivity contribution is 0.473. The molecule has 2 heteroatoms. The van der Waals surface area contributed by atoms with Crippen LogP contribution in [0.25, 0.3) is 0 Å². The number of phenols is 1. The fourth-order valence-electron chi connectivity index (χ4n) is 0.846. The van der Waals surface area contributed by atoms with E-state index in [9.17, 15) is 0 Å². The van der Waals surface area contributed by atoms with Crippen molar-refractivity contribution >= 4 is 11.8 Å². The molecule has 0 aliphatic rings. The van der Waals surface area contributed by atoms with Crippen molar-refractivity contribution in [2.45, 2.75) is 25.7 Å². The average molecular weight is 184 g/mol. The number of phenolic OH excluding ortho intramolecular Hbond substituents is 1. The molecular formula is C10H16OS. The lowest BCUT2D eigenvalue weighted by atomic mass is 10.2. The quantitative estimate of drug-likeness (QED) is 0.675. The molecule has 0 aliphatic heterocycles. The molecule has 1 N–H and O–H groups in total. The van der Waals surface area contributed by atoms with Gasteiger partial charge in [0.05, 0.1) is 0 Å². The SMILES string of the molecule is CC.CSc1cc(C)cc(O)c1. The van der Waals surface area contributed by atoms with E-state index in [4.69, 9.17) is 5.11 Å². The fraction of sp³-hybridized carbons (Fsp3) is 0.400. The van der Waals surface area contributed by atoms with Gasteiger partial charge in [0.1, 0.15) is 5.75 Å². The van der Waals surface area contributed by atoms with Crippen molar-refractivity contribution in [2.24, 2.45) is 0 Å². The average Bonchev–Trinajstić information content (AvgIpc) is 2.06. The van der Waals surface area contributed by atoms with Crippen molar-refractivity contribution in [2.75, 3.05) is 6.26 Å². The van der Waals surface area contributed by atoms with Crippen LogP contribution in [0.2, 0.25) is 0 Å². The first-order chi connectivity index (χ1) is 5.72. The fourth-order valence-corrected chi connectivity index (χ4v) is 1.39. The Morgan fingerprint density at radius 3 is 2.17 bits per heavy atom. The number of aryl methyl sites for hydroxylation is 1. The highest BCUT2D eigenvalue weighted by Crippen LogP contribution is 2.21. The molecule has 0 saturated heterocycles. The first-order valence-electron chi connectivity index (χ1n) is 4.07. The van der Waals surface area contributed by atoms with Gasteiger partial charge in [-0.2, -0.15) is 0 Å². The molecule has 12 heavy (non-hydrogen) atoms. The van der Waals surface area contributed by atoms with E-state index in [1.54, 1.807) is 23.9 Å². The number of aromatic hydroxyl groups is 1.